The van der Waals surface area contributed by atoms with Gasteiger partial charge in [-0.1, -0.05) is 18.2 Å². The number of hydrogen-bond acceptors (Lipinski definition) is 3. The summed E-state index contributed by atoms with van der Waals surface area (Å²) in [5.74, 6) is 2.71. The maximum Gasteiger partial charge on any atom is 0.122 e. The van der Waals surface area contributed by atoms with E-state index < -0.39 is 0 Å². The summed E-state index contributed by atoms with van der Waals surface area (Å²) >= 11 is 1.91. The van der Waals surface area contributed by atoms with Gasteiger partial charge in [0.2, 0.25) is 0 Å². The third-order valence-electron chi connectivity index (χ3n) is 3.72. The number of ether oxygens (including phenoxy) is 1. The fourth-order valence-corrected chi connectivity index (χ4v) is 3.79. The number of para-hydroxylation sites is 1. The molecule has 3 heteroatoms. The van der Waals surface area contributed by atoms with Gasteiger partial charge in [0.15, 0.2) is 0 Å². The van der Waals surface area contributed by atoms with E-state index in [1.165, 1.54) is 16.0 Å². The Morgan fingerprint density at radius 2 is 2.10 bits per heavy atom. The lowest BCUT2D eigenvalue weighted by Gasteiger charge is -2.25. The van der Waals surface area contributed by atoms with Gasteiger partial charge in [-0.2, -0.15) is 0 Å². The summed E-state index contributed by atoms with van der Waals surface area (Å²) in [6.07, 6.45) is 1.10. The van der Waals surface area contributed by atoms with E-state index in [0.29, 0.717) is 5.92 Å². The predicted molar refractivity (Wildman–Crippen MR) is 85.6 cm³/mol. The topological polar surface area (TPSA) is 35.2 Å². The van der Waals surface area contributed by atoms with Crippen molar-refractivity contribution in [3.63, 3.8) is 0 Å². The second-order valence-electron chi connectivity index (χ2n) is 5.21. The zero-order valence-electron chi connectivity index (χ0n) is 11.6. The first-order chi connectivity index (χ1) is 9.74. The summed E-state index contributed by atoms with van der Waals surface area (Å²) in [6.45, 7) is 2.94. The Morgan fingerprint density at radius 3 is 2.95 bits per heavy atom. The van der Waals surface area contributed by atoms with E-state index in [2.05, 4.69) is 31.2 Å². The summed E-state index contributed by atoms with van der Waals surface area (Å²) in [4.78, 5) is 1.32. The van der Waals surface area contributed by atoms with Crippen molar-refractivity contribution < 1.29 is 4.74 Å². The quantitative estimate of drug-likeness (QED) is 0.677. The summed E-state index contributed by atoms with van der Waals surface area (Å²) in [5.41, 5.74) is 9.25. The Bertz CT molecular complexity index is 612. The van der Waals surface area contributed by atoms with Gasteiger partial charge in [0.1, 0.15) is 5.75 Å². The number of benzene rings is 2. The Balaban J connectivity index is 1.73. The first-order valence-electron chi connectivity index (χ1n) is 6.94. The lowest BCUT2D eigenvalue weighted by atomic mass is 9.95. The van der Waals surface area contributed by atoms with Crippen molar-refractivity contribution in [2.24, 2.45) is 0 Å². The van der Waals surface area contributed by atoms with Crippen LogP contribution >= 0.6 is 11.8 Å². The van der Waals surface area contributed by atoms with Gasteiger partial charge in [0, 0.05) is 22.3 Å². The van der Waals surface area contributed by atoms with Gasteiger partial charge in [0.05, 0.1) is 6.61 Å². The van der Waals surface area contributed by atoms with Crippen LogP contribution in [0, 0.1) is 6.92 Å². The number of thioether (sulfide) groups is 1. The van der Waals surface area contributed by atoms with E-state index in [9.17, 15) is 0 Å². The lowest BCUT2D eigenvalue weighted by Crippen LogP contribution is -2.15. The Labute approximate surface area is 124 Å². The number of anilines is 1. The largest absolute Gasteiger partial charge is 0.493 e. The molecule has 1 unspecified atom stereocenters. The molecule has 20 heavy (non-hydrogen) atoms. The first-order valence-corrected chi connectivity index (χ1v) is 7.93. The molecular weight excluding hydrogens is 266 g/mol. The van der Waals surface area contributed by atoms with Gasteiger partial charge < -0.3 is 10.5 Å². The molecule has 0 fully saturated rings. The van der Waals surface area contributed by atoms with E-state index >= 15 is 0 Å². The van der Waals surface area contributed by atoms with Gasteiger partial charge in [-0.15, -0.1) is 11.8 Å². The first kappa shape index (κ1) is 13.4. The highest BCUT2D eigenvalue weighted by atomic mass is 32.2. The van der Waals surface area contributed by atoms with Gasteiger partial charge in [-0.3, -0.25) is 0 Å². The second kappa shape index (κ2) is 5.80. The second-order valence-corrected chi connectivity index (χ2v) is 6.27. The van der Waals surface area contributed by atoms with E-state index in [1.54, 1.807) is 0 Å². The highest BCUT2D eigenvalue weighted by Gasteiger charge is 2.21. The summed E-state index contributed by atoms with van der Waals surface area (Å²) < 4.78 is 5.72. The van der Waals surface area contributed by atoms with E-state index in [1.807, 2.05) is 30.0 Å². The Hall–Kier alpha value is -1.61. The molecule has 2 aromatic rings. The molecule has 0 amide bonds. The van der Waals surface area contributed by atoms with Crippen LogP contribution in [0.2, 0.25) is 0 Å². The molecule has 2 nitrogen and oxygen atoms in total. The standard InChI is InChI=1S/C17H19NOS/c1-12-10-14(18)6-7-17(12)20-11-13-8-9-19-16-5-3-2-4-15(13)16/h2-7,10,13H,8-9,11,18H2,1H3. The average molecular weight is 285 g/mol. The molecular formula is C17H19NOS. The third kappa shape index (κ3) is 2.78. The SMILES string of the molecule is Cc1cc(N)ccc1SCC1CCOc2ccccc21. The van der Waals surface area contributed by atoms with Crippen molar-refractivity contribution in [2.45, 2.75) is 24.2 Å². The molecule has 104 valence electrons. The minimum absolute atomic E-state index is 0.571. The van der Waals surface area contributed by atoms with Crippen molar-refractivity contribution >= 4 is 17.4 Å². The monoisotopic (exact) mass is 285 g/mol. The fourth-order valence-electron chi connectivity index (χ4n) is 2.61. The zero-order chi connectivity index (χ0) is 13.9. The Kier molecular flexibility index (Phi) is 3.88. The molecule has 2 N–H and O–H groups in total. The van der Waals surface area contributed by atoms with Crippen LogP contribution in [0.4, 0.5) is 5.69 Å². The number of nitrogens with two attached hydrogens (primary N) is 1. The van der Waals surface area contributed by atoms with Gasteiger partial charge >= 0.3 is 0 Å². The van der Waals surface area contributed by atoms with Gasteiger partial charge in [-0.05, 0) is 48.7 Å². The number of rotatable bonds is 3. The number of fused-ring (bicyclic) bond motifs is 1. The molecule has 0 saturated carbocycles. The van der Waals surface area contributed by atoms with Crippen molar-refractivity contribution in [1.29, 1.82) is 0 Å². The molecule has 0 bridgehead atoms. The van der Waals surface area contributed by atoms with Crippen molar-refractivity contribution in [3.8, 4) is 5.75 Å². The van der Waals surface area contributed by atoms with Crippen LogP contribution in [0.15, 0.2) is 47.4 Å². The maximum atomic E-state index is 5.80. The molecule has 1 heterocycles. The van der Waals surface area contributed by atoms with E-state index in [-0.39, 0.29) is 0 Å². The summed E-state index contributed by atoms with van der Waals surface area (Å²) in [5, 5.41) is 0. The van der Waals surface area contributed by atoms with E-state index in [0.717, 1.165) is 30.2 Å². The summed E-state index contributed by atoms with van der Waals surface area (Å²) in [6, 6.07) is 14.5. The number of hydrogen-bond donors (Lipinski definition) is 1. The van der Waals surface area contributed by atoms with Crippen LogP contribution in [-0.2, 0) is 0 Å². The van der Waals surface area contributed by atoms with Gasteiger partial charge in [-0.25, -0.2) is 0 Å². The highest BCUT2D eigenvalue weighted by Crippen LogP contribution is 2.37. The molecule has 0 spiro atoms. The average Bonchev–Trinajstić information content (AvgIpc) is 2.46. The van der Waals surface area contributed by atoms with Crippen molar-refractivity contribution in [3.05, 3.63) is 53.6 Å². The van der Waals surface area contributed by atoms with Gasteiger partial charge in [0.25, 0.3) is 0 Å². The predicted octanol–water partition coefficient (Wildman–Crippen LogP) is 4.24. The van der Waals surface area contributed by atoms with Crippen LogP contribution < -0.4 is 10.5 Å². The van der Waals surface area contributed by atoms with Crippen LogP contribution in [0.25, 0.3) is 0 Å². The highest BCUT2D eigenvalue weighted by molar-refractivity contribution is 7.99. The normalized spacial score (nSPS) is 17.4. The van der Waals surface area contributed by atoms with Crippen LogP contribution in [-0.4, -0.2) is 12.4 Å². The minimum Gasteiger partial charge on any atom is -0.493 e. The number of aryl methyl sites for hydroxylation is 1. The van der Waals surface area contributed by atoms with Crippen LogP contribution in [0.3, 0.4) is 0 Å². The third-order valence-corrected chi connectivity index (χ3v) is 5.06. The smallest absolute Gasteiger partial charge is 0.122 e. The van der Waals surface area contributed by atoms with Crippen LogP contribution in [0.5, 0.6) is 5.75 Å². The summed E-state index contributed by atoms with van der Waals surface area (Å²) in [7, 11) is 0. The lowest BCUT2D eigenvalue weighted by molar-refractivity contribution is 0.273. The molecule has 1 aliphatic heterocycles. The van der Waals surface area contributed by atoms with E-state index in [4.69, 9.17) is 10.5 Å². The van der Waals surface area contributed by atoms with Crippen molar-refractivity contribution in [2.75, 3.05) is 18.1 Å². The zero-order valence-corrected chi connectivity index (χ0v) is 12.5. The minimum atomic E-state index is 0.571. The molecule has 3 rings (SSSR count). The Morgan fingerprint density at radius 1 is 1.25 bits per heavy atom. The maximum absolute atomic E-state index is 5.80. The number of nitrogen functional groups attached to an aromatic ring is 1. The molecule has 1 aliphatic rings. The molecule has 2 aromatic carbocycles. The molecule has 0 aliphatic carbocycles. The molecule has 1 atom stereocenters. The van der Waals surface area contributed by atoms with Crippen molar-refractivity contribution in [1.82, 2.24) is 0 Å². The fraction of sp³-hybridized carbons (Fsp3) is 0.294. The molecule has 0 saturated heterocycles. The van der Waals surface area contributed by atoms with Crippen LogP contribution in [0.1, 0.15) is 23.5 Å². The molecule has 0 aromatic heterocycles. The molecule has 0 radical (unpaired) electrons.